The van der Waals surface area contributed by atoms with Gasteiger partial charge in [0.25, 0.3) is 0 Å². The van der Waals surface area contributed by atoms with E-state index >= 15 is 0 Å². The van der Waals surface area contributed by atoms with Gasteiger partial charge < -0.3 is 9.53 Å². The molecule has 0 aromatic carbocycles. The summed E-state index contributed by atoms with van der Waals surface area (Å²) in [6.07, 6.45) is 5.91. The Morgan fingerprint density at radius 2 is 2.08 bits per heavy atom. The summed E-state index contributed by atoms with van der Waals surface area (Å²) in [6.45, 7) is 4.48. The van der Waals surface area contributed by atoms with Crippen molar-refractivity contribution in [2.24, 2.45) is 5.92 Å². The Labute approximate surface area is 80.7 Å². The zero-order chi connectivity index (χ0) is 9.68. The molecule has 0 aromatic heterocycles. The fourth-order valence-electron chi connectivity index (χ4n) is 2.21. The molecule has 0 aromatic rings. The molecule has 0 bridgehead atoms. The maximum Gasteiger partial charge on any atom is 0.130 e. The van der Waals surface area contributed by atoms with Crippen molar-refractivity contribution in [3.05, 3.63) is 0 Å². The van der Waals surface area contributed by atoms with E-state index in [4.69, 9.17) is 4.74 Å². The lowest BCUT2D eigenvalue weighted by Gasteiger charge is -2.30. The van der Waals surface area contributed by atoms with Crippen molar-refractivity contribution in [1.29, 1.82) is 0 Å². The van der Waals surface area contributed by atoms with Gasteiger partial charge in [-0.2, -0.15) is 0 Å². The van der Waals surface area contributed by atoms with Gasteiger partial charge in [0.05, 0.1) is 6.10 Å². The molecule has 2 heteroatoms. The molecule has 1 aliphatic carbocycles. The number of hydrogen-bond acceptors (Lipinski definition) is 2. The predicted molar refractivity (Wildman–Crippen MR) is 52.7 cm³/mol. The first-order valence-corrected chi connectivity index (χ1v) is 5.35. The summed E-state index contributed by atoms with van der Waals surface area (Å²) in [6, 6.07) is 0. The molecular formula is C11H20O2. The lowest BCUT2D eigenvalue weighted by Crippen LogP contribution is -2.29. The third kappa shape index (κ3) is 3.47. The van der Waals surface area contributed by atoms with Crippen LogP contribution in [0, 0.1) is 5.92 Å². The third-order valence-corrected chi connectivity index (χ3v) is 2.77. The highest BCUT2D eigenvalue weighted by Crippen LogP contribution is 2.29. The minimum atomic E-state index is 0.302. The molecule has 2 atom stereocenters. The smallest absolute Gasteiger partial charge is 0.130 e. The second-order valence-corrected chi connectivity index (χ2v) is 3.94. The van der Waals surface area contributed by atoms with Crippen molar-refractivity contribution in [1.82, 2.24) is 0 Å². The monoisotopic (exact) mass is 184 g/mol. The Morgan fingerprint density at radius 3 is 2.69 bits per heavy atom. The summed E-state index contributed by atoms with van der Waals surface area (Å²) in [5.74, 6) is 0.794. The van der Waals surface area contributed by atoms with E-state index < -0.39 is 0 Å². The van der Waals surface area contributed by atoms with Crippen LogP contribution in [0.3, 0.4) is 0 Å². The van der Waals surface area contributed by atoms with Gasteiger partial charge in [0.15, 0.2) is 0 Å². The maximum absolute atomic E-state index is 11.0. The zero-order valence-electron chi connectivity index (χ0n) is 8.71. The largest absolute Gasteiger partial charge is 0.378 e. The van der Waals surface area contributed by atoms with Crippen LogP contribution in [0.2, 0.25) is 0 Å². The van der Waals surface area contributed by atoms with Crippen molar-refractivity contribution in [2.45, 2.75) is 52.1 Å². The highest BCUT2D eigenvalue weighted by molar-refractivity contribution is 5.75. The van der Waals surface area contributed by atoms with E-state index in [-0.39, 0.29) is 0 Å². The molecule has 2 unspecified atom stereocenters. The van der Waals surface area contributed by atoms with Crippen molar-refractivity contribution < 1.29 is 9.53 Å². The molecule has 13 heavy (non-hydrogen) atoms. The van der Waals surface area contributed by atoms with Gasteiger partial charge in [-0.25, -0.2) is 0 Å². The fraction of sp³-hybridized carbons (Fsp3) is 0.909. The summed E-state index contributed by atoms with van der Waals surface area (Å²) in [5, 5.41) is 0. The predicted octanol–water partition coefficient (Wildman–Crippen LogP) is 2.56. The summed E-state index contributed by atoms with van der Waals surface area (Å²) in [7, 11) is 0. The first-order valence-electron chi connectivity index (χ1n) is 5.35. The first-order chi connectivity index (χ1) is 6.24. The second kappa shape index (κ2) is 5.38. The average molecular weight is 184 g/mol. The second-order valence-electron chi connectivity index (χ2n) is 3.94. The van der Waals surface area contributed by atoms with Gasteiger partial charge in [0, 0.05) is 13.0 Å². The lowest BCUT2D eigenvalue weighted by atomic mass is 9.83. The molecule has 0 amide bonds. The van der Waals surface area contributed by atoms with E-state index in [9.17, 15) is 4.79 Å². The summed E-state index contributed by atoms with van der Waals surface area (Å²) >= 11 is 0. The number of hydrogen-bond donors (Lipinski definition) is 0. The fourth-order valence-corrected chi connectivity index (χ4v) is 2.21. The normalized spacial score (nSPS) is 28.8. The molecule has 0 radical (unpaired) electrons. The molecule has 1 aliphatic rings. The van der Waals surface area contributed by atoms with E-state index in [1.54, 1.807) is 6.92 Å². The summed E-state index contributed by atoms with van der Waals surface area (Å²) in [5.41, 5.74) is 0. The molecule has 0 saturated heterocycles. The summed E-state index contributed by atoms with van der Waals surface area (Å²) < 4.78 is 5.64. The van der Waals surface area contributed by atoms with Crippen molar-refractivity contribution in [3.63, 3.8) is 0 Å². The van der Waals surface area contributed by atoms with Crippen LogP contribution in [0.15, 0.2) is 0 Å². The first kappa shape index (κ1) is 10.7. The highest BCUT2D eigenvalue weighted by atomic mass is 16.5. The van der Waals surface area contributed by atoms with E-state index in [0.29, 0.717) is 24.2 Å². The van der Waals surface area contributed by atoms with Crippen molar-refractivity contribution in [2.75, 3.05) is 6.61 Å². The Morgan fingerprint density at radius 1 is 1.38 bits per heavy atom. The molecular weight excluding hydrogens is 164 g/mol. The SMILES string of the molecule is CCOC1CCCCC1CC(C)=O. The highest BCUT2D eigenvalue weighted by Gasteiger charge is 2.26. The van der Waals surface area contributed by atoms with Crippen LogP contribution in [0.1, 0.15) is 46.0 Å². The standard InChI is InChI=1S/C11H20O2/c1-3-13-11-7-5-4-6-10(11)8-9(2)12/h10-11H,3-8H2,1-2H3. The Hall–Kier alpha value is -0.370. The number of carbonyl (C=O) groups is 1. The molecule has 76 valence electrons. The lowest BCUT2D eigenvalue weighted by molar-refractivity contribution is -0.120. The molecule has 1 rings (SSSR count). The molecule has 2 nitrogen and oxygen atoms in total. The molecule has 0 heterocycles. The summed E-state index contributed by atoms with van der Waals surface area (Å²) in [4.78, 5) is 11.0. The van der Waals surface area contributed by atoms with Crippen LogP contribution in [0.25, 0.3) is 0 Å². The number of ether oxygens (including phenoxy) is 1. The van der Waals surface area contributed by atoms with E-state index in [0.717, 1.165) is 13.0 Å². The quantitative estimate of drug-likeness (QED) is 0.671. The molecule has 0 aliphatic heterocycles. The van der Waals surface area contributed by atoms with E-state index in [1.807, 2.05) is 6.92 Å². The van der Waals surface area contributed by atoms with Crippen LogP contribution in [-0.4, -0.2) is 18.5 Å². The van der Waals surface area contributed by atoms with Gasteiger partial charge in [-0.3, -0.25) is 0 Å². The number of ketones is 1. The molecule has 1 saturated carbocycles. The number of rotatable bonds is 4. The molecule has 0 N–H and O–H groups in total. The van der Waals surface area contributed by atoms with Crippen LogP contribution >= 0.6 is 0 Å². The van der Waals surface area contributed by atoms with Crippen LogP contribution in [0.5, 0.6) is 0 Å². The molecule has 0 spiro atoms. The third-order valence-electron chi connectivity index (χ3n) is 2.77. The Bertz CT molecular complexity index is 163. The Balaban J connectivity index is 2.41. The topological polar surface area (TPSA) is 26.3 Å². The van der Waals surface area contributed by atoms with Crippen molar-refractivity contribution >= 4 is 5.78 Å². The Kier molecular flexibility index (Phi) is 4.43. The van der Waals surface area contributed by atoms with Gasteiger partial charge in [-0.1, -0.05) is 12.8 Å². The van der Waals surface area contributed by atoms with E-state index in [2.05, 4.69) is 0 Å². The number of Topliss-reactive ketones (excluding diaryl/α,β-unsaturated/α-hetero) is 1. The van der Waals surface area contributed by atoms with Crippen LogP contribution < -0.4 is 0 Å². The van der Waals surface area contributed by atoms with Gasteiger partial charge >= 0.3 is 0 Å². The van der Waals surface area contributed by atoms with Crippen LogP contribution in [-0.2, 0) is 9.53 Å². The minimum Gasteiger partial charge on any atom is -0.378 e. The van der Waals surface area contributed by atoms with E-state index in [1.165, 1.54) is 19.3 Å². The maximum atomic E-state index is 11.0. The van der Waals surface area contributed by atoms with Gasteiger partial charge in [0.2, 0.25) is 0 Å². The zero-order valence-corrected chi connectivity index (χ0v) is 8.71. The van der Waals surface area contributed by atoms with Crippen LogP contribution in [0.4, 0.5) is 0 Å². The number of carbonyl (C=O) groups excluding carboxylic acids is 1. The van der Waals surface area contributed by atoms with Gasteiger partial charge in [-0.05, 0) is 32.6 Å². The van der Waals surface area contributed by atoms with Gasteiger partial charge in [0.1, 0.15) is 5.78 Å². The average Bonchev–Trinajstić information content (AvgIpc) is 2.08. The molecule has 1 fully saturated rings. The minimum absolute atomic E-state index is 0.302. The van der Waals surface area contributed by atoms with Crippen molar-refractivity contribution in [3.8, 4) is 0 Å². The van der Waals surface area contributed by atoms with Gasteiger partial charge in [-0.15, -0.1) is 0 Å².